The highest BCUT2D eigenvalue weighted by atomic mass is 16.3. The van der Waals surface area contributed by atoms with Gasteiger partial charge in [-0.05, 0) is 53.6 Å². The highest BCUT2D eigenvalue weighted by Gasteiger charge is 2.38. The van der Waals surface area contributed by atoms with E-state index in [1.807, 2.05) is 18.5 Å². The van der Waals surface area contributed by atoms with E-state index in [0.717, 1.165) is 25.0 Å². The van der Waals surface area contributed by atoms with Crippen LogP contribution in [0.2, 0.25) is 0 Å². The third-order valence-electron chi connectivity index (χ3n) is 6.43. The van der Waals surface area contributed by atoms with Gasteiger partial charge < -0.3 is 9.67 Å². The van der Waals surface area contributed by atoms with Crippen molar-refractivity contribution in [1.29, 1.82) is 0 Å². The van der Waals surface area contributed by atoms with Crippen LogP contribution in [0, 0.1) is 0 Å². The minimum absolute atomic E-state index is 0.307. The quantitative estimate of drug-likeness (QED) is 0.274. The van der Waals surface area contributed by atoms with E-state index in [4.69, 9.17) is 4.98 Å². The molecule has 5 aromatic rings. The SMILES string of the molecule is Oc1ccc(CCCc2cn(C(c3ccccc3)(c3ccccc3)c3ccccc3)cn2)cc1. The molecule has 0 saturated carbocycles. The monoisotopic (exact) mass is 444 g/mol. The molecule has 5 rings (SSSR count). The van der Waals surface area contributed by atoms with Crippen LogP contribution >= 0.6 is 0 Å². The molecule has 0 aliphatic carbocycles. The smallest absolute Gasteiger partial charge is 0.121 e. The van der Waals surface area contributed by atoms with Crippen molar-refractivity contribution in [1.82, 2.24) is 9.55 Å². The molecule has 0 spiro atoms. The van der Waals surface area contributed by atoms with E-state index in [-0.39, 0.29) is 0 Å². The third-order valence-corrected chi connectivity index (χ3v) is 6.43. The molecule has 4 aromatic carbocycles. The number of aryl methyl sites for hydroxylation is 2. The van der Waals surface area contributed by atoms with Crippen LogP contribution in [-0.4, -0.2) is 14.7 Å². The van der Waals surface area contributed by atoms with E-state index in [1.54, 1.807) is 12.1 Å². The summed E-state index contributed by atoms with van der Waals surface area (Å²) < 4.78 is 2.27. The highest BCUT2D eigenvalue weighted by molar-refractivity contribution is 5.50. The first kappa shape index (κ1) is 21.7. The van der Waals surface area contributed by atoms with Gasteiger partial charge in [0.05, 0.1) is 12.0 Å². The minimum atomic E-state index is -0.522. The van der Waals surface area contributed by atoms with Gasteiger partial charge in [0.2, 0.25) is 0 Å². The van der Waals surface area contributed by atoms with Crippen LogP contribution in [0.5, 0.6) is 5.75 Å². The van der Waals surface area contributed by atoms with Gasteiger partial charge in [-0.25, -0.2) is 4.98 Å². The fourth-order valence-electron chi connectivity index (χ4n) is 4.80. The molecule has 0 atom stereocenters. The van der Waals surface area contributed by atoms with E-state index >= 15 is 0 Å². The number of nitrogens with zero attached hydrogens (tertiary/aromatic N) is 2. The van der Waals surface area contributed by atoms with Crippen molar-refractivity contribution < 1.29 is 5.11 Å². The van der Waals surface area contributed by atoms with Crippen molar-refractivity contribution in [2.75, 3.05) is 0 Å². The summed E-state index contributed by atoms with van der Waals surface area (Å²) in [5.41, 5.74) is 5.36. The molecule has 3 nitrogen and oxygen atoms in total. The van der Waals surface area contributed by atoms with Crippen molar-refractivity contribution >= 4 is 0 Å². The molecular formula is C31H28N2O. The maximum atomic E-state index is 9.51. The molecule has 1 heterocycles. The third kappa shape index (κ3) is 4.25. The Labute approximate surface area is 201 Å². The molecule has 0 bridgehead atoms. The summed E-state index contributed by atoms with van der Waals surface area (Å²) >= 11 is 0. The number of phenolic OH excluding ortho intramolecular Hbond substituents is 1. The standard InChI is InChI=1S/C31H28N2O/c34-30-21-19-25(20-22-30)11-10-18-29-23-33(24-32-29)31(26-12-4-1-5-13-26,27-14-6-2-7-15-27)28-16-8-3-9-17-28/h1-9,12-17,19-24,34H,10-11,18H2. The normalized spacial score (nSPS) is 11.4. The zero-order valence-corrected chi connectivity index (χ0v) is 19.1. The highest BCUT2D eigenvalue weighted by Crippen LogP contribution is 2.40. The largest absolute Gasteiger partial charge is 0.508 e. The molecule has 1 N–H and O–H groups in total. The lowest BCUT2D eigenvalue weighted by Gasteiger charge is -2.37. The summed E-state index contributed by atoms with van der Waals surface area (Å²) in [6, 6.07) is 39.5. The first-order chi connectivity index (χ1) is 16.8. The molecule has 3 heteroatoms. The van der Waals surface area contributed by atoms with Crippen molar-refractivity contribution in [3.63, 3.8) is 0 Å². The number of benzene rings is 4. The number of phenols is 1. The Morgan fingerprint density at radius 3 is 1.62 bits per heavy atom. The summed E-state index contributed by atoms with van der Waals surface area (Å²) in [7, 11) is 0. The Balaban J connectivity index is 1.54. The first-order valence-corrected chi connectivity index (χ1v) is 11.7. The maximum Gasteiger partial charge on any atom is 0.121 e. The Hall–Kier alpha value is -4.11. The summed E-state index contributed by atoms with van der Waals surface area (Å²) in [5, 5.41) is 9.51. The fraction of sp³-hybridized carbons (Fsp3) is 0.129. The van der Waals surface area contributed by atoms with Gasteiger partial charge in [-0.3, -0.25) is 0 Å². The van der Waals surface area contributed by atoms with E-state index in [9.17, 15) is 5.11 Å². The van der Waals surface area contributed by atoms with Gasteiger partial charge in [-0.1, -0.05) is 103 Å². The molecule has 0 amide bonds. The average molecular weight is 445 g/mol. The molecule has 0 saturated heterocycles. The zero-order valence-electron chi connectivity index (χ0n) is 19.1. The molecule has 34 heavy (non-hydrogen) atoms. The fourth-order valence-corrected chi connectivity index (χ4v) is 4.80. The molecule has 0 aliphatic heterocycles. The lowest BCUT2D eigenvalue weighted by atomic mass is 9.77. The second kappa shape index (κ2) is 9.80. The van der Waals surface area contributed by atoms with Crippen molar-refractivity contribution in [2.24, 2.45) is 0 Å². The van der Waals surface area contributed by atoms with Gasteiger partial charge in [-0.2, -0.15) is 0 Å². The van der Waals surface area contributed by atoms with Crippen LogP contribution in [0.3, 0.4) is 0 Å². The van der Waals surface area contributed by atoms with Gasteiger partial charge in [0.25, 0.3) is 0 Å². The van der Waals surface area contributed by atoms with E-state index in [2.05, 4.69) is 102 Å². The number of aromatic nitrogens is 2. The van der Waals surface area contributed by atoms with Gasteiger partial charge in [0.1, 0.15) is 11.3 Å². The van der Waals surface area contributed by atoms with E-state index in [1.165, 1.54) is 22.3 Å². The summed E-state index contributed by atoms with van der Waals surface area (Å²) in [5.74, 6) is 0.307. The van der Waals surface area contributed by atoms with Gasteiger partial charge in [0.15, 0.2) is 0 Å². The van der Waals surface area contributed by atoms with Gasteiger partial charge >= 0.3 is 0 Å². The number of hydrogen-bond acceptors (Lipinski definition) is 2. The summed E-state index contributed by atoms with van der Waals surface area (Å²) in [6.45, 7) is 0. The summed E-state index contributed by atoms with van der Waals surface area (Å²) in [6.07, 6.45) is 7.01. The molecule has 168 valence electrons. The predicted octanol–water partition coefficient (Wildman–Crippen LogP) is 6.60. The number of rotatable bonds is 8. The first-order valence-electron chi connectivity index (χ1n) is 11.7. The van der Waals surface area contributed by atoms with Crippen molar-refractivity contribution in [3.05, 3.63) is 156 Å². The van der Waals surface area contributed by atoms with Crippen LogP contribution in [0.25, 0.3) is 0 Å². The number of hydrogen-bond donors (Lipinski definition) is 1. The summed E-state index contributed by atoms with van der Waals surface area (Å²) in [4.78, 5) is 4.83. The lowest BCUT2D eigenvalue weighted by Crippen LogP contribution is -2.36. The van der Waals surface area contributed by atoms with Crippen LogP contribution in [0.1, 0.15) is 34.4 Å². The van der Waals surface area contributed by atoms with Gasteiger partial charge in [0, 0.05) is 6.20 Å². The molecule has 0 aliphatic rings. The number of aromatic hydroxyl groups is 1. The molecular weight excluding hydrogens is 416 g/mol. The number of imidazole rings is 1. The minimum Gasteiger partial charge on any atom is -0.508 e. The van der Waals surface area contributed by atoms with Crippen LogP contribution in [0.15, 0.2) is 128 Å². The van der Waals surface area contributed by atoms with Crippen molar-refractivity contribution in [2.45, 2.75) is 24.8 Å². The molecule has 0 radical (unpaired) electrons. The second-order valence-corrected chi connectivity index (χ2v) is 8.60. The van der Waals surface area contributed by atoms with Gasteiger partial charge in [-0.15, -0.1) is 0 Å². The molecule has 0 fully saturated rings. The van der Waals surface area contributed by atoms with E-state index in [0.29, 0.717) is 5.75 Å². The predicted molar refractivity (Wildman–Crippen MR) is 137 cm³/mol. The zero-order chi connectivity index (χ0) is 23.2. The van der Waals surface area contributed by atoms with Crippen LogP contribution in [0.4, 0.5) is 0 Å². The second-order valence-electron chi connectivity index (χ2n) is 8.60. The molecule has 0 unspecified atom stereocenters. The molecule has 1 aromatic heterocycles. The topological polar surface area (TPSA) is 38.0 Å². The Kier molecular flexibility index (Phi) is 6.26. The van der Waals surface area contributed by atoms with Crippen molar-refractivity contribution in [3.8, 4) is 5.75 Å². The Morgan fingerprint density at radius 2 is 1.12 bits per heavy atom. The van der Waals surface area contributed by atoms with Crippen LogP contribution in [-0.2, 0) is 18.4 Å². The van der Waals surface area contributed by atoms with Crippen LogP contribution < -0.4 is 0 Å². The maximum absolute atomic E-state index is 9.51. The lowest BCUT2D eigenvalue weighted by molar-refractivity contribution is 0.475. The Bertz CT molecular complexity index is 1210. The Morgan fingerprint density at radius 1 is 0.618 bits per heavy atom. The van der Waals surface area contributed by atoms with E-state index < -0.39 is 5.54 Å². The average Bonchev–Trinajstić information content (AvgIpc) is 3.37.